The third-order valence-corrected chi connectivity index (χ3v) is 3.47. The zero-order valence-electron chi connectivity index (χ0n) is 9.02. The molecule has 0 spiro atoms. The number of hydrogen-bond donors (Lipinski definition) is 2. The molecule has 0 aromatic rings. The van der Waals surface area contributed by atoms with Gasteiger partial charge in [0.2, 0.25) is 0 Å². The number of carbonyl (C=O) groups is 2. The van der Waals surface area contributed by atoms with Crippen molar-refractivity contribution in [2.45, 2.75) is 38.2 Å². The Bertz CT molecular complexity index is 298. The second kappa shape index (κ2) is 6.70. The van der Waals surface area contributed by atoms with Gasteiger partial charge in [0.05, 0.1) is 6.10 Å². The number of aliphatic hydroxyl groups excluding tert-OH is 1. The number of ketones is 1. The van der Waals surface area contributed by atoms with E-state index in [1.54, 1.807) is 6.08 Å². The largest absolute Gasteiger partial charge is 0.481 e. The number of thioether (sulfide) groups is 1. The maximum absolute atomic E-state index is 11.3. The first-order valence-corrected chi connectivity index (χ1v) is 6.36. The summed E-state index contributed by atoms with van der Waals surface area (Å²) in [5.41, 5.74) is 0. The van der Waals surface area contributed by atoms with Gasteiger partial charge in [-0.15, -0.1) is 11.8 Å². The van der Waals surface area contributed by atoms with Gasteiger partial charge in [0.1, 0.15) is 0 Å². The third kappa shape index (κ3) is 4.81. The summed E-state index contributed by atoms with van der Waals surface area (Å²) in [7, 11) is 0. The first-order chi connectivity index (χ1) is 7.59. The maximum atomic E-state index is 11.3. The van der Waals surface area contributed by atoms with Crippen LogP contribution in [0.1, 0.15) is 32.1 Å². The highest BCUT2D eigenvalue weighted by Gasteiger charge is 2.21. The molecule has 0 radical (unpaired) electrons. The lowest BCUT2D eigenvalue weighted by Crippen LogP contribution is -2.00. The molecule has 0 aromatic carbocycles. The van der Waals surface area contributed by atoms with E-state index < -0.39 is 12.1 Å². The minimum absolute atomic E-state index is 0.0167. The SMILES string of the molecule is O=C(O)CCCCCSC1=CC(O)CC1=O. The Hall–Kier alpha value is -0.810. The Morgan fingerprint density at radius 2 is 2.19 bits per heavy atom. The average molecular weight is 244 g/mol. The van der Waals surface area contributed by atoms with E-state index in [0.29, 0.717) is 11.3 Å². The van der Waals surface area contributed by atoms with Crippen molar-refractivity contribution in [2.24, 2.45) is 0 Å². The fraction of sp³-hybridized carbons (Fsp3) is 0.636. The highest BCUT2D eigenvalue weighted by atomic mass is 32.2. The second-order valence-corrected chi connectivity index (χ2v) is 4.92. The Labute approximate surface area is 98.7 Å². The van der Waals surface area contributed by atoms with Crippen molar-refractivity contribution in [1.82, 2.24) is 0 Å². The van der Waals surface area contributed by atoms with Crippen molar-refractivity contribution in [1.29, 1.82) is 0 Å². The summed E-state index contributed by atoms with van der Waals surface area (Å²) < 4.78 is 0. The van der Waals surface area contributed by atoms with Gasteiger partial charge in [0.25, 0.3) is 0 Å². The molecule has 4 nitrogen and oxygen atoms in total. The van der Waals surface area contributed by atoms with Gasteiger partial charge in [0.15, 0.2) is 5.78 Å². The number of aliphatic carboxylic acids is 1. The number of unbranched alkanes of at least 4 members (excludes halogenated alkanes) is 2. The van der Waals surface area contributed by atoms with Crippen molar-refractivity contribution >= 4 is 23.5 Å². The van der Waals surface area contributed by atoms with Crippen LogP contribution >= 0.6 is 11.8 Å². The van der Waals surface area contributed by atoms with E-state index in [9.17, 15) is 14.7 Å². The summed E-state index contributed by atoms with van der Waals surface area (Å²) in [5, 5.41) is 17.6. The molecule has 2 N–H and O–H groups in total. The molecular formula is C11H16O4S. The number of carboxylic acids is 1. The molecule has 1 atom stereocenters. The lowest BCUT2D eigenvalue weighted by Gasteiger charge is -2.00. The first-order valence-electron chi connectivity index (χ1n) is 5.37. The van der Waals surface area contributed by atoms with E-state index in [-0.39, 0.29) is 18.6 Å². The third-order valence-electron chi connectivity index (χ3n) is 2.31. The summed E-state index contributed by atoms with van der Waals surface area (Å²) in [6, 6.07) is 0. The molecule has 0 aliphatic heterocycles. The molecule has 5 heteroatoms. The lowest BCUT2D eigenvalue weighted by atomic mass is 10.2. The minimum Gasteiger partial charge on any atom is -0.481 e. The second-order valence-electron chi connectivity index (χ2n) is 3.78. The van der Waals surface area contributed by atoms with E-state index in [1.165, 1.54) is 11.8 Å². The molecule has 0 heterocycles. The van der Waals surface area contributed by atoms with E-state index in [2.05, 4.69) is 0 Å². The molecule has 90 valence electrons. The molecule has 0 fully saturated rings. The zero-order chi connectivity index (χ0) is 12.0. The smallest absolute Gasteiger partial charge is 0.303 e. The van der Waals surface area contributed by atoms with Gasteiger partial charge in [-0.05, 0) is 24.7 Å². The number of Topliss-reactive ketones (excluding diaryl/α,β-unsaturated/α-hetero) is 1. The average Bonchev–Trinajstić information content (AvgIpc) is 2.50. The van der Waals surface area contributed by atoms with E-state index in [1.807, 2.05) is 0 Å². The number of aliphatic hydroxyl groups is 1. The van der Waals surface area contributed by atoms with Crippen LogP contribution in [0.2, 0.25) is 0 Å². The molecule has 1 aliphatic carbocycles. The summed E-state index contributed by atoms with van der Waals surface area (Å²) >= 11 is 1.46. The van der Waals surface area contributed by atoms with E-state index in [0.717, 1.165) is 18.6 Å². The standard InChI is InChI=1S/C11H16O4S/c12-8-6-9(13)10(7-8)16-5-3-1-2-4-11(14)15/h7-8,12H,1-6H2,(H,14,15). The van der Waals surface area contributed by atoms with Crippen molar-refractivity contribution in [3.8, 4) is 0 Å². The predicted molar refractivity (Wildman–Crippen MR) is 62.3 cm³/mol. The maximum Gasteiger partial charge on any atom is 0.303 e. The topological polar surface area (TPSA) is 74.6 Å². The van der Waals surface area contributed by atoms with E-state index in [4.69, 9.17) is 5.11 Å². The number of allylic oxidation sites excluding steroid dienone is 1. The molecule has 0 aromatic heterocycles. The zero-order valence-corrected chi connectivity index (χ0v) is 9.83. The van der Waals surface area contributed by atoms with Gasteiger partial charge < -0.3 is 10.2 Å². The summed E-state index contributed by atoms with van der Waals surface area (Å²) in [6.07, 6.45) is 3.87. The van der Waals surface area contributed by atoms with Crippen LogP contribution < -0.4 is 0 Å². The van der Waals surface area contributed by atoms with E-state index >= 15 is 0 Å². The Balaban J connectivity index is 2.05. The van der Waals surface area contributed by atoms with Crippen LogP contribution in [0, 0.1) is 0 Å². The molecule has 0 saturated heterocycles. The predicted octanol–water partition coefficient (Wildman–Crippen LogP) is 1.58. The first kappa shape index (κ1) is 13.3. The van der Waals surface area contributed by atoms with Crippen LogP contribution in [-0.4, -0.2) is 33.8 Å². The van der Waals surface area contributed by atoms with Crippen LogP contribution in [-0.2, 0) is 9.59 Å². The Morgan fingerprint density at radius 1 is 1.44 bits per heavy atom. The number of hydrogen-bond acceptors (Lipinski definition) is 4. The molecular weight excluding hydrogens is 228 g/mol. The molecule has 1 rings (SSSR count). The van der Waals surface area contributed by atoms with Crippen LogP contribution in [0.5, 0.6) is 0 Å². The van der Waals surface area contributed by atoms with Gasteiger partial charge in [-0.2, -0.15) is 0 Å². The monoisotopic (exact) mass is 244 g/mol. The van der Waals surface area contributed by atoms with Gasteiger partial charge in [-0.1, -0.05) is 6.42 Å². The highest BCUT2D eigenvalue weighted by molar-refractivity contribution is 8.04. The van der Waals surface area contributed by atoms with Gasteiger partial charge in [0, 0.05) is 17.7 Å². The number of carboxylic acid groups (broad SMARTS) is 1. The highest BCUT2D eigenvalue weighted by Crippen LogP contribution is 2.26. The molecule has 0 saturated carbocycles. The van der Waals surface area contributed by atoms with Crippen molar-refractivity contribution < 1.29 is 19.8 Å². The fourth-order valence-corrected chi connectivity index (χ4v) is 2.55. The van der Waals surface area contributed by atoms with Gasteiger partial charge >= 0.3 is 5.97 Å². The molecule has 1 aliphatic rings. The molecule has 1 unspecified atom stereocenters. The number of carbonyl (C=O) groups excluding carboxylic acids is 1. The molecule has 0 amide bonds. The number of rotatable bonds is 7. The molecule has 16 heavy (non-hydrogen) atoms. The van der Waals surface area contributed by atoms with Crippen LogP contribution in [0.4, 0.5) is 0 Å². The summed E-state index contributed by atoms with van der Waals surface area (Å²) in [5.74, 6) is 0.0664. The molecule has 0 bridgehead atoms. The van der Waals surface area contributed by atoms with Gasteiger partial charge in [-0.3, -0.25) is 9.59 Å². The quantitative estimate of drug-likeness (QED) is 0.665. The Morgan fingerprint density at radius 3 is 2.75 bits per heavy atom. The van der Waals surface area contributed by atoms with Crippen LogP contribution in [0.15, 0.2) is 11.0 Å². The van der Waals surface area contributed by atoms with Crippen LogP contribution in [0.3, 0.4) is 0 Å². The van der Waals surface area contributed by atoms with Gasteiger partial charge in [-0.25, -0.2) is 0 Å². The van der Waals surface area contributed by atoms with Crippen LogP contribution in [0.25, 0.3) is 0 Å². The normalized spacial score (nSPS) is 19.9. The minimum atomic E-state index is -0.760. The Kier molecular flexibility index (Phi) is 5.55. The van der Waals surface area contributed by atoms with Crippen molar-refractivity contribution in [3.63, 3.8) is 0 Å². The van der Waals surface area contributed by atoms with Crippen molar-refractivity contribution in [2.75, 3.05) is 5.75 Å². The lowest BCUT2D eigenvalue weighted by molar-refractivity contribution is -0.137. The van der Waals surface area contributed by atoms with Crippen molar-refractivity contribution in [3.05, 3.63) is 11.0 Å². The summed E-state index contributed by atoms with van der Waals surface area (Å²) in [6.45, 7) is 0. The fourth-order valence-electron chi connectivity index (χ4n) is 1.48. The summed E-state index contributed by atoms with van der Waals surface area (Å²) in [4.78, 5) is 22.2.